The standard InChI is InChI=1S/C25H35N7O8/c26-8-4-3-7-17(25(39)40)30-24(38)19(11-21(34)35)32-23(37)18(31-22(36)15(27)10-20(28)33)9-13-12-29-16-6-2-1-5-14(13)16/h1-2,5-6,12,15,17-19,29H,3-4,7-11,26-27H2,(H2,28,33)(H,30,38)(H,31,36)(H,32,37)(H,34,35)(H,39,40). The van der Waals surface area contributed by atoms with Crippen molar-refractivity contribution >= 4 is 46.5 Å². The minimum atomic E-state index is -1.66. The predicted molar refractivity (Wildman–Crippen MR) is 142 cm³/mol. The number of primary amides is 1. The van der Waals surface area contributed by atoms with Crippen LogP contribution < -0.4 is 33.2 Å². The smallest absolute Gasteiger partial charge is 0.326 e. The molecule has 40 heavy (non-hydrogen) atoms. The molecule has 0 bridgehead atoms. The van der Waals surface area contributed by atoms with Gasteiger partial charge in [-0.15, -0.1) is 0 Å². The Kier molecular flexibility index (Phi) is 12.0. The van der Waals surface area contributed by atoms with Gasteiger partial charge in [0.05, 0.1) is 18.9 Å². The highest BCUT2D eigenvalue weighted by atomic mass is 16.4. The number of para-hydroxylation sites is 1. The maximum atomic E-state index is 13.3. The number of hydrogen-bond acceptors (Lipinski definition) is 8. The molecule has 0 saturated heterocycles. The maximum Gasteiger partial charge on any atom is 0.326 e. The Morgan fingerprint density at radius 3 is 2.10 bits per heavy atom. The Hall–Kier alpha value is -4.50. The Balaban J connectivity index is 2.28. The highest BCUT2D eigenvalue weighted by Crippen LogP contribution is 2.19. The van der Waals surface area contributed by atoms with Crippen LogP contribution in [0.4, 0.5) is 0 Å². The number of carbonyl (C=O) groups excluding carboxylic acids is 4. The summed E-state index contributed by atoms with van der Waals surface area (Å²) in [5, 5.41) is 26.5. The van der Waals surface area contributed by atoms with Crippen molar-refractivity contribution in [3.8, 4) is 0 Å². The molecule has 1 aromatic carbocycles. The number of nitrogens with two attached hydrogens (primary N) is 3. The lowest BCUT2D eigenvalue weighted by Crippen LogP contribution is -2.58. The van der Waals surface area contributed by atoms with Crippen molar-refractivity contribution in [2.75, 3.05) is 6.54 Å². The van der Waals surface area contributed by atoms with Crippen molar-refractivity contribution < 1.29 is 39.0 Å². The van der Waals surface area contributed by atoms with E-state index in [0.717, 1.165) is 10.9 Å². The van der Waals surface area contributed by atoms with Gasteiger partial charge in [0.1, 0.15) is 18.1 Å². The summed E-state index contributed by atoms with van der Waals surface area (Å²) in [6.07, 6.45) is 1.14. The fourth-order valence-corrected chi connectivity index (χ4v) is 4.00. The molecule has 0 fully saturated rings. The van der Waals surface area contributed by atoms with Crippen molar-refractivity contribution in [2.45, 2.75) is 62.7 Å². The number of benzene rings is 1. The van der Waals surface area contributed by atoms with Gasteiger partial charge in [-0.1, -0.05) is 18.2 Å². The molecule has 0 radical (unpaired) electrons. The van der Waals surface area contributed by atoms with E-state index in [4.69, 9.17) is 17.2 Å². The summed E-state index contributed by atoms with van der Waals surface area (Å²) in [5.74, 6) is -6.43. The molecule has 0 aliphatic heterocycles. The number of amides is 4. The second kappa shape index (κ2) is 15.2. The van der Waals surface area contributed by atoms with E-state index in [1.165, 1.54) is 0 Å². The third-order valence-corrected chi connectivity index (χ3v) is 6.06. The first kappa shape index (κ1) is 31.7. The fourth-order valence-electron chi connectivity index (χ4n) is 4.00. The molecule has 12 N–H and O–H groups in total. The zero-order chi connectivity index (χ0) is 29.8. The SMILES string of the molecule is NCCCCC(NC(=O)C(CC(=O)O)NC(=O)C(Cc1c[nH]c2ccccc12)NC(=O)C(N)CC(N)=O)C(=O)O. The molecule has 0 spiro atoms. The quantitative estimate of drug-likeness (QED) is 0.0963. The molecule has 4 unspecified atom stereocenters. The molecule has 0 saturated carbocycles. The van der Waals surface area contributed by atoms with Crippen molar-refractivity contribution in [1.29, 1.82) is 0 Å². The zero-order valence-electron chi connectivity index (χ0n) is 21.7. The van der Waals surface area contributed by atoms with Crippen LogP contribution in [0, 0.1) is 0 Å². The molecule has 2 aromatic rings. The van der Waals surface area contributed by atoms with Crippen LogP contribution in [0.3, 0.4) is 0 Å². The van der Waals surface area contributed by atoms with Crippen LogP contribution in [0.5, 0.6) is 0 Å². The molecule has 15 heteroatoms. The number of H-pyrrole nitrogens is 1. The van der Waals surface area contributed by atoms with E-state index in [9.17, 15) is 39.0 Å². The minimum Gasteiger partial charge on any atom is -0.481 e. The molecule has 1 aromatic heterocycles. The molecule has 15 nitrogen and oxygen atoms in total. The van der Waals surface area contributed by atoms with E-state index in [1.54, 1.807) is 30.5 Å². The van der Waals surface area contributed by atoms with E-state index in [1.807, 2.05) is 0 Å². The average Bonchev–Trinajstić information content (AvgIpc) is 3.29. The van der Waals surface area contributed by atoms with Crippen molar-refractivity contribution in [2.24, 2.45) is 17.2 Å². The Bertz CT molecular complexity index is 1230. The van der Waals surface area contributed by atoms with Gasteiger partial charge in [0.15, 0.2) is 0 Å². The molecule has 0 aliphatic rings. The van der Waals surface area contributed by atoms with E-state index in [-0.39, 0.29) is 12.8 Å². The van der Waals surface area contributed by atoms with Gasteiger partial charge >= 0.3 is 11.9 Å². The van der Waals surface area contributed by atoms with Crippen LogP contribution in [-0.4, -0.2) is 81.5 Å². The maximum absolute atomic E-state index is 13.3. The normalized spacial score (nSPS) is 13.9. The average molecular weight is 562 g/mol. The molecular formula is C25H35N7O8. The Morgan fingerprint density at radius 1 is 0.850 bits per heavy atom. The molecular weight excluding hydrogens is 526 g/mol. The van der Waals surface area contributed by atoms with Crippen LogP contribution in [0.25, 0.3) is 10.9 Å². The molecule has 2 rings (SSSR count). The number of carbonyl (C=O) groups is 6. The van der Waals surface area contributed by atoms with Crippen molar-refractivity contribution in [3.05, 3.63) is 36.0 Å². The summed E-state index contributed by atoms with van der Waals surface area (Å²) in [4.78, 5) is 76.2. The number of carboxylic acid groups (broad SMARTS) is 2. The number of carboxylic acids is 2. The number of aromatic nitrogens is 1. The van der Waals surface area contributed by atoms with Crippen molar-refractivity contribution in [1.82, 2.24) is 20.9 Å². The lowest BCUT2D eigenvalue weighted by Gasteiger charge is -2.24. The van der Waals surface area contributed by atoms with Gasteiger partial charge in [-0.25, -0.2) is 4.79 Å². The number of aromatic amines is 1. The third kappa shape index (κ3) is 9.67. The summed E-state index contributed by atoms with van der Waals surface area (Å²) in [7, 11) is 0. The second-order valence-corrected chi connectivity index (χ2v) is 9.24. The lowest BCUT2D eigenvalue weighted by molar-refractivity contribution is -0.143. The van der Waals surface area contributed by atoms with Gasteiger partial charge in [-0.3, -0.25) is 24.0 Å². The number of unbranched alkanes of at least 4 members (excludes halogenated alkanes) is 1. The second-order valence-electron chi connectivity index (χ2n) is 9.24. The number of rotatable bonds is 17. The third-order valence-electron chi connectivity index (χ3n) is 6.06. The first-order chi connectivity index (χ1) is 18.9. The molecule has 4 atom stereocenters. The molecule has 0 aliphatic carbocycles. The number of aliphatic carboxylic acids is 2. The lowest BCUT2D eigenvalue weighted by atomic mass is 10.0. The molecule has 218 valence electrons. The number of nitrogens with one attached hydrogen (secondary N) is 4. The van der Waals surface area contributed by atoms with Crippen LogP contribution >= 0.6 is 0 Å². The van der Waals surface area contributed by atoms with Crippen LogP contribution in [0.15, 0.2) is 30.5 Å². The van der Waals surface area contributed by atoms with Gasteiger partial charge in [-0.05, 0) is 37.4 Å². The Labute approximate surface area is 229 Å². The number of fused-ring (bicyclic) bond motifs is 1. The fraction of sp³-hybridized carbons (Fsp3) is 0.440. The zero-order valence-corrected chi connectivity index (χ0v) is 21.7. The summed E-state index contributed by atoms with van der Waals surface area (Å²) < 4.78 is 0. The van der Waals surface area contributed by atoms with E-state index < -0.39 is 72.6 Å². The summed E-state index contributed by atoms with van der Waals surface area (Å²) in [6, 6.07) is 1.45. The Morgan fingerprint density at radius 2 is 1.48 bits per heavy atom. The van der Waals surface area contributed by atoms with Crippen LogP contribution in [-0.2, 0) is 35.2 Å². The first-order valence-corrected chi connectivity index (χ1v) is 12.6. The van der Waals surface area contributed by atoms with Gasteiger partial charge in [0, 0.05) is 23.5 Å². The molecule has 1 heterocycles. The topological polar surface area (TPSA) is 273 Å². The predicted octanol–water partition coefficient (Wildman–Crippen LogP) is -1.94. The van der Waals surface area contributed by atoms with E-state index in [2.05, 4.69) is 20.9 Å². The van der Waals surface area contributed by atoms with Crippen LogP contribution in [0.1, 0.15) is 37.7 Å². The largest absolute Gasteiger partial charge is 0.481 e. The van der Waals surface area contributed by atoms with Gasteiger partial charge < -0.3 is 48.3 Å². The van der Waals surface area contributed by atoms with Gasteiger partial charge in [0.2, 0.25) is 23.6 Å². The highest BCUT2D eigenvalue weighted by Gasteiger charge is 2.32. The summed E-state index contributed by atoms with van der Waals surface area (Å²) in [6.45, 7) is 0.324. The summed E-state index contributed by atoms with van der Waals surface area (Å²) in [5.41, 5.74) is 17.6. The van der Waals surface area contributed by atoms with Gasteiger partial charge in [0.25, 0.3) is 0 Å². The van der Waals surface area contributed by atoms with E-state index >= 15 is 0 Å². The van der Waals surface area contributed by atoms with E-state index in [0.29, 0.717) is 24.9 Å². The highest BCUT2D eigenvalue weighted by molar-refractivity contribution is 5.96. The van der Waals surface area contributed by atoms with Gasteiger partial charge in [-0.2, -0.15) is 0 Å². The minimum absolute atomic E-state index is 0.0447. The monoisotopic (exact) mass is 561 g/mol. The number of hydrogen-bond donors (Lipinski definition) is 9. The first-order valence-electron chi connectivity index (χ1n) is 12.6. The summed E-state index contributed by atoms with van der Waals surface area (Å²) >= 11 is 0. The molecule has 4 amide bonds. The van der Waals surface area contributed by atoms with Crippen molar-refractivity contribution in [3.63, 3.8) is 0 Å². The van der Waals surface area contributed by atoms with Crippen LogP contribution in [0.2, 0.25) is 0 Å².